The summed E-state index contributed by atoms with van der Waals surface area (Å²) in [6.07, 6.45) is 9.27. The molecule has 2 rings (SSSR count). The van der Waals surface area contributed by atoms with E-state index in [2.05, 4.69) is 11.9 Å². The Kier molecular flexibility index (Phi) is 7.72. The number of allylic oxidation sites excluding steroid dienone is 3. The van der Waals surface area contributed by atoms with E-state index >= 15 is 0 Å². The minimum Gasteiger partial charge on any atom is -0.453 e. The molecular formula is C18H31N3O2. The summed E-state index contributed by atoms with van der Waals surface area (Å²) in [5, 5.41) is 3.48. The molecule has 2 heterocycles. The topological polar surface area (TPSA) is 67.6 Å². The highest BCUT2D eigenvalue weighted by Gasteiger charge is 2.43. The van der Waals surface area contributed by atoms with Gasteiger partial charge in [-0.25, -0.2) is 4.79 Å². The van der Waals surface area contributed by atoms with E-state index in [9.17, 15) is 4.79 Å². The molecule has 2 aliphatic rings. The number of piperidine rings is 1. The molecule has 0 radical (unpaired) electrons. The lowest BCUT2D eigenvalue weighted by Gasteiger charge is -2.38. The quantitative estimate of drug-likeness (QED) is 0.780. The van der Waals surface area contributed by atoms with Gasteiger partial charge in [0.2, 0.25) is 0 Å². The SMILES string of the molecule is C=C/C(NC1CC2CC[C@@H](C1)N2C(=O)OC)=C(N)\C=C/C.CC. The molecule has 2 fully saturated rings. The van der Waals surface area contributed by atoms with Crippen molar-refractivity contribution in [2.45, 2.75) is 64.6 Å². The van der Waals surface area contributed by atoms with Crippen molar-refractivity contribution in [1.82, 2.24) is 10.2 Å². The molecule has 3 atom stereocenters. The first-order valence-electron chi connectivity index (χ1n) is 8.48. The van der Waals surface area contributed by atoms with Crippen LogP contribution in [0, 0.1) is 0 Å². The van der Waals surface area contributed by atoms with Crippen LogP contribution >= 0.6 is 0 Å². The average Bonchev–Trinajstić information content (AvgIpc) is 2.84. The molecule has 0 aliphatic carbocycles. The summed E-state index contributed by atoms with van der Waals surface area (Å²) in [6.45, 7) is 9.75. The summed E-state index contributed by atoms with van der Waals surface area (Å²) in [5.41, 5.74) is 7.57. The highest BCUT2D eigenvalue weighted by atomic mass is 16.5. The number of amides is 1. The first kappa shape index (κ1) is 19.1. The Morgan fingerprint density at radius 2 is 1.87 bits per heavy atom. The van der Waals surface area contributed by atoms with E-state index in [-0.39, 0.29) is 18.2 Å². The third-order valence-corrected chi connectivity index (χ3v) is 4.34. The Balaban J connectivity index is 0.00000127. The van der Waals surface area contributed by atoms with E-state index in [1.54, 1.807) is 6.08 Å². The number of nitrogens with zero attached hydrogens (tertiary/aromatic N) is 1. The maximum absolute atomic E-state index is 11.8. The number of fused-ring (bicyclic) bond motifs is 2. The molecule has 23 heavy (non-hydrogen) atoms. The molecule has 0 saturated carbocycles. The molecule has 0 aromatic rings. The maximum atomic E-state index is 11.8. The van der Waals surface area contributed by atoms with E-state index in [0.29, 0.717) is 11.7 Å². The van der Waals surface area contributed by atoms with Crippen LogP contribution in [0.25, 0.3) is 0 Å². The molecular weight excluding hydrogens is 290 g/mol. The van der Waals surface area contributed by atoms with Crippen LogP contribution in [-0.4, -0.2) is 36.2 Å². The molecule has 2 saturated heterocycles. The minimum absolute atomic E-state index is 0.200. The molecule has 5 heteroatoms. The molecule has 0 aromatic heterocycles. The standard InChI is InChI=1S/C16H25N3O2.C2H6/c1-4-6-14(17)15(5-2)18-11-9-12-7-8-13(10-11)19(12)16(20)21-3;1-2/h4-6,11-13,18H,2,7-10,17H2,1,3H3;1-2H3/b6-4-,15-14-;/t11?,12-,13?;/m0./s1. The summed E-state index contributed by atoms with van der Waals surface area (Å²) in [5.74, 6) is 0. The van der Waals surface area contributed by atoms with Gasteiger partial charge >= 0.3 is 6.09 Å². The summed E-state index contributed by atoms with van der Waals surface area (Å²) >= 11 is 0. The number of methoxy groups -OCH3 is 1. The minimum atomic E-state index is -0.200. The van der Waals surface area contributed by atoms with Crippen molar-refractivity contribution < 1.29 is 9.53 Å². The predicted molar refractivity (Wildman–Crippen MR) is 94.8 cm³/mol. The zero-order valence-electron chi connectivity index (χ0n) is 14.8. The van der Waals surface area contributed by atoms with Gasteiger partial charge in [0.05, 0.1) is 18.5 Å². The smallest absolute Gasteiger partial charge is 0.409 e. The number of nitrogens with two attached hydrogens (primary N) is 1. The van der Waals surface area contributed by atoms with Crippen molar-refractivity contribution in [1.29, 1.82) is 0 Å². The van der Waals surface area contributed by atoms with E-state index in [1.807, 2.05) is 37.8 Å². The third kappa shape index (κ3) is 4.53. The van der Waals surface area contributed by atoms with Crippen molar-refractivity contribution in [3.8, 4) is 0 Å². The van der Waals surface area contributed by atoms with E-state index < -0.39 is 0 Å². The number of rotatable bonds is 4. The van der Waals surface area contributed by atoms with Gasteiger partial charge in [-0.05, 0) is 44.8 Å². The third-order valence-electron chi connectivity index (χ3n) is 4.34. The summed E-state index contributed by atoms with van der Waals surface area (Å²) in [7, 11) is 1.45. The number of ether oxygens (including phenoxy) is 1. The van der Waals surface area contributed by atoms with Gasteiger partial charge in [-0.1, -0.05) is 26.5 Å². The van der Waals surface area contributed by atoms with Crippen LogP contribution in [0.5, 0.6) is 0 Å². The highest BCUT2D eigenvalue weighted by molar-refractivity contribution is 5.69. The Morgan fingerprint density at radius 3 is 2.30 bits per heavy atom. The number of nitrogens with one attached hydrogen (secondary N) is 1. The van der Waals surface area contributed by atoms with Gasteiger partial charge in [0.1, 0.15) is 0 Å². The fourth-order valence-electron chi connectivity index (χ4n) is 3.45. The van der Waals surface area contributed by atoms with E-state index in [4.69, 9.17) is 10.5 Å². The van der Waals surface area contributed by atoms with Crippen LogP contribution in [-0.2, 0) is 4.74 Å². The Morgan fingerprint density at radius 1 is 1.30 bits per heavy atom. The number of carbonyl (C=O) groups is 1. The second kappa shape index (κ2) is 9.28. The van der Waals surface area contributed by atoms with Crippen LogP contribution in [0.1, 0.15) is 46.5 Å². The molecule has 1 amide bonds. The maximum Gasteiger partial charge on any atom is 0.409 e. The van der Waals surface area contributed by atoms with E-state index in [1.165, 1.54) is 7.11 Å². The molecule has 5 nitrogen and oxygen atoms in total. The second-order valence-corrected chi connectivity index (χ2v) is 5.65. The normalized spacial score (nSPS) is 27.0. The number of hydrogen-bond acceptors (Lipinski definition) is 4. The summed E-state index contributed by atoms with van der Waals surface area (Å²) in [4.78, 5) is 13.7. The van der Waals surface area contributed by atoms with Crippen LogP contribution in [0.3, 0.4) is 0 Å². The van der Waals surface area contributed by atoms with Crippen molar-refractivity contribution in [3.63, 3.8) is 0 Å². The lowest BCUT2D eigenvalue weighted by Crippen LogP contribution is -2.51. The lowest BCUT2D eigenvalue weighted by molar-refractivity contribution is 0.0786. The average molecular weight is 321 g/mol. The molecule has 2 unspecified atom stereocenters. The zero-order chi connectivity index (χ0) is 17.4. The molecule has 2 bridgehead atoms. The first-order chi connectivity index (χ1) is 11.1. The van der Waals surface area contributed by atoms with Crippen molar-refractivity contribution in [2.75, 3.05) is 7.11 Å². The largest absolute Gasteiger partial charge is 0.453 e. The lowest BCUT2D eigenvalue weighted by atomic mass is 9.97. The van der Waals surface area contributed by atoms with E-state index in [0.717, 1.165) is 31.4 Å². The molecule has 130 valence electrons. The first-order valence-corrected chi connectivity index (χ1v) is 8.48. The highest BCUT2D eigenvalue weighted by Crippen LogP contribution is 2.36. The van der Waals surface area contributed by atoms with Gasteiger partial charge in [-0.3, -0.25) is 0 Å². The molecule has 0 aromatic carbocycles. The van der Waals surface area contributed by atoms with Gasteiger partial charge < -0.3 is 20.7 Å². The number of hydrogen-bond donors (Lipinski definition) is 2. The van der Waals surface area contributed by atoms with Crippen LogP contribution < -0.4 is 11.1 Å². The summed E-state index contributed by atoms with van der Waals surface area (Å²) < 4.78 is 4.89. The van der Waals surface area contributed by atoms with Crippen LogP contribution in [0.15, 0.2) is 36.2 Å². The van der Waals surface area contributed by atoms with Gasteiger partial charge in [0.25, 0.3) is 0 Å². The second-order valence-electron chi connectivity index (χ2n) is 5.65. The fourth-order valence-corrected chi connectivity index (χ4v) is 3.45. The molecule has 3 N–H and O–H groups in total. The Bertz CT molecular complexity index is 457. The Hall–Kier alpha value is -1.91. The van der Waals surface area contributed by atoms with Gasteiger partial charge in [0, 0.05) is 18.1 Å². The summed E-state index contributed by atoms with van der Waals surface area (Å²) in [6, 6.07) is 0.852. The molecule has 0 spiro atoms. The van der Waals surface area contributed by atoms with Gasteiger partial charge in [-0.2, -0.15) is 0 Å². The predicted octanol–water partition coefficient (Wildman–Crippen LogP) is 3.30. The van der Waals surface area contributed by atoms with Crippen molar-refractivity contribution >= 4 is 6.09 Å². The number of carbonyl (C=O) groups excluding carboxylic acids is 1. The van der Waals surface area contributed by atoms with Crippen molar-refractivity contribution in [3.05, 3.63) is 36.2 Å². The monoisotopic (exact) mass is 321 g/mol. The van der Waals surface area contributed by atoms with Gasteiger partial charge in [0.15, 0.2) is 0 Å². The van der Waals surface area contributed by atoms with Crippen LogP contribution in [0.2, 0.25) is 0 Å². The fraction of sp³-hybridized carbons (Fsp3) is 0.611. The van der Waals surface area contributed by atoms with Crippen molar-refractivity contribution in [2.24, 2.45) is 5.73 Å². The van der Waals surface area contributed by atoms with Gasteiger partial charge in [-0.15, -0.1) is 0 Å². The Labute approximate surface area is 140 Å². The van der Waals surface area contributed by atoms with Crippen LogP contribution in [0.4, 0.5) is 4.79 Å². The molecule has 2 aliphatic heterocycles. The zero-order valence-corrected chi connectivity index (χ0v) is 14.8.